The Bertz CT molecular complexity index is 1600. The van der Waals surface area contributed by atoms with Crippen LogP contribution in [0.3, 0.4) is 0 Å². The topological polar surface area (TPSA) is 100 Å². The van der Waals surface area contributed by atoms with Gasteiger partial charge in [-0.2, -0.15) is 0 Å². The van der Waals surface area contributed by atoms with Crippen LogP contribution in [0, 0.1) is 0 Å². The van der Waals surface area contributed by atoms with Gasteiger partial charge in [0.2, 0.25) is 15.9 Å². The number of aromatic nitrogens is 1. The molecule has 0 radical (unpaired) electrons. The van der Waals surface area contributed by atoms with Gasteiger partial charge >= 0.3 is 0 Å². The maximum absolute atomic E-state index is 13.1. The molecule has 1 unspecified atom stereocenters. The summed E-state index contributed by atoms with van der Waals surface area (Å²) in [5.41, 5.74) is 5.34. The van der Waals surface area contributed by atoms with Crippen molar-refractivity contribution in [2.75, 3.05) is 10.6 Å². The average Bonchev–Trinajstić information content (AvgIpc) is 3.34. The van der Waals surface area contributed by atoms with E-state index in [0.29, 0.717) is 17.9 Å². The molecule has 0 saturated carbocycles. The van der Waals surface area contributed by atoms with Crippen molar-refractivity contribution in [3.8, 4) is 0 Å². The zero-order valence-corrected chi connectivity index (χ0v) is 22.4. The molecule has 5 rings (SSSR count). The summed E-state index contributed by atoms with van der Waals surface area (Å²) in [5.74, 6) is 0.218. The largest absolute Gasteiger partial charge is 0.338 e. The van der Waals surface area contributed by atoms with Crippen LogP contribution in [0.4, 0.5) is 17.2 Å². The van der Waals surface area contributed by atoms with E-state index in [4.69, 9.17) is 0 Å². The minimum Gasteiger partial charge on any atom is -0.338 e. The summed E-state index contributed by atoms with van der Waals surface area (Å²) >= 11 is 0. The number of hydrogen-bond donors (Lipinski definition) is 3. The molecule has 3 aromatic carbocycles. The Hall–Kier alpha value is -4.27. The molecule has 7 nitrogen and oxygen atoms in total. The molecule has 1 aliphatic rings. The molecule has 39 heavy (non-hydrogen) atoms. The monoisotopic (exact) mass is 538 g/mol. The standard InChI is InChI=1S/C31H30N4O3S/c1-2-22-10-16-26(17-11-22)39(37,38)35-28-18-14-24-13-15-25(21-27(24)28)33-31-29(9-6-20-32-31)34-30(36)19-12-23-7-4-3-5-8-23/h3-13,15-17,19-21,28,35H,2,14,18H2,1H3,(H,32,33)(H,34,36)/b19-12+. The van der Waals surface area contributed by atoms with E-state index in [2.05, 4.69) is 20.3 Å². The summed E-state index contributed by atoms with van der Waals surface area (Å²) < 4.78 is 29.0. The molecule has 1 atom stereocenters. The van der Waals surface area contributed by atoms with Crippen molar-refractivity contribution in [2.45, 2.75) is 37.1 Å². The predicted molar refractivity (Wildman–Crippen MR) is 155 cm³/mol. The van der Waals surface area contributed by atoms with Crippen molar-refractivity contribution in [3.63, 3.8) is 0 Å². The lowest BCUT2D eigenvalue weighted by Gasteiger charge is -2.17. The highest BCUT2D eigenvalue weighted by Crippen LogP contribution is 2.35. The number of pyridine rings is 1. The third-order valence-corrected chi connectivity index (χ3v) is 8.21. The fraction of sp³-hybridized carbons (Fsp3) is 0.161. The number of carbonyl (C=O) groups is 1. The van der Waals surface area contributed by atoms with Crippen molar-refractivity contribution in [1.29, 1.82) is 0 Å². The summed E-state index contributed by atoms with van der Waals surface area (Å²) in [6.07, 6.45) is 7.20. The number of anilines is 3. The smallest absolute Gasteiger partial charge is 0.248 e. The molecule has 1 amide bonds. The lowest BCUT2D eigenvalue weighted by atomic mass is 10.1. The summed E-state index contributed by atoms with van der Waals surface area (Å²) in [7, 11) is -3.67. The number of nitrogens with zero attached hydrogens (tertiary/aromatic N) is 1. The van der Waals surface area contributed by atoms with Gasteiger partial charge in [-0.3, -0.25) is 4.79 Å². The highest BCUT2D eigenvalue weighted by Gasteiger charge is 2.28. The summed E-state index contributed by atoms with van der Waals surface area (Å²) in [6, 6.07) is 25.7. The van der Waals surface area contributed by atoms with Crippen LogP contribution in [0.15, 0.2) is 102 Å². The number of fused-ring (bicyclic) bond motifs is 1. The average molecular weight is 539 g/mol. The lowest BCUT2D eigenvalue weighted by Crippen LogP contribution is -2.27. The minimum absolute atomic E-state index is 0.262. The lowest BCUT2D eigenvalue weighted by molar-refractivity contribution is -0.111. The van der Waals surface area contributed by atoms with Crippen LogP contribution < -0.4 is 15.4 Å². The molecule has 0 bridgehead atoms. The van der Waals surface area contributed by atoms with Crippen molar-refractivity contribution in [1.82, 2.24) is 9.71 Å². The number of rotatable bonds is 9. The van der Waals surface area contributed by atoms with Gasteiger partial charge in [-0.05, 0) is 84.0 Å². The molecule has 0 aliphatic heterocycles. The van der Waals surface area contributed by atoms with Crippen LogP contribution in [0.2, 0.25) is 0 Å². The van der Waals surface area contributed by atoms with E-state index >= 15 is 0 Å². The Morgan fingerprint density at radius 3 is 2.56 bits per heavy atom. The van der Waals surface area contributed by atoms with Gasteiger partial charge < -0.3 is 10.6 Å². The molecular formula is C31H30N4O3S. The molecule has 1 aromatic heterocycles. The molecule has 0 fully saturated rings. The molecule has 198 valence electrons. The minimum atomic E-state index is -3.67. The first-order valence-corrected chi connectivity index (χ1v) is 14.4. The maximum Gasteiger partial charge on any atom is 0.248 e. The van der Waals surface area contributed by atoms with Gasteiger partial charge in [0.25, 0.3) is 0 Å². The number of aryl methyl sites for hydroxylation is 2. The van der Waals surface area contributed by atoms with E-state index in [1.807, 2.05) is 67.6 Å². The molecule has 1 aliphatic carbocycles. The SMILES string of the molecule is CCc1ccc(S(=O)(=O)NC2CCc3ccc(Nc4ncccc4NC(=O)/C=C/c4ccccc4)cc32)cc1. The molecule has 3 N–H and O–H groups in total. The summed E-state index contributed by atoms with van der Waals surface area (Å²) in [6.45, 7) is 2.04. The van der Waals surface area contributed by atoms with Gasteiger partial charge in [0.1, 0.15) is 0 Å². The van der Waals surface area contributed by atoms with E-state index in [0.717, 1.165) is 40.8 Å². The molecule has 4 aromatic rings. The first-order chi connectivity index (χ1) is 18.9. The fourth-order valence-corrected chi connectivity index (χ4v) is 5.86. The normalized spacial score (nSPS) is 14.7. The van der Waals surface area contributed by atoms with E-state index in [-0.39, 0.29) is 16.8 Å². The predicted octanol–water partition coefficient (Wildman–Crippen LogP) is 6.01. The van der Waals surface area contributed by atoms with E-state index in [1.165, 1.54) is 6.08 Å². The molecule has 0 saturated heterocycles. The zero-order chi connectivity index (χ0) is 27.2. The number of amides is 1. The molecular weight excluding hydrogens is 508 g/mol. The van der Waals surface area contributed by atoms with Gasteiger partial charge in [0, 0.05) is 24.0 Å². The van der Waals surface area contributed by atoms with Crippen molar-refractivity contribution >= 4 is 39.2 Å². The number of nitrogens with one attached hydrogen (secondary N) is 3. The second-order valence-corrected chi connectivity index (χ2v) is 11.1. The number of sulfonamides is 1. The Morgan fingerprint density at radius 2 is 1.79 bits per heavy atom. The molecule has 8 heteroatoms. The zero-order valence-electron chi connectivity index (χ0n) is 21.6. The van der Waals surface area contributed by atoms with Gasteiger partial charge in [-0.1, -0.05) is 55.5 Å². The quantitative estimate of drug-likeness (QED) is 0.227. The number of carbonyl (C=O) groups excluding carboxylic acids is 1. The highest BCUT2D eigenvalue weighted by atomic mass is 32.2. The first kappa shape index (κ1) is 26.3. The molecule has 0 spiro atoms. The van der Waals surface area contributed by atoms with E-state index in [1.54, 1.807) is 36.5 Å². The van der Waals surface area contributed by atoms with Gasteiger partial charge in [-0.25, -0.2) is 18.1 Å². The molecule has 1 heterocycles. The Kier molecular flexibility index (Phi) is 7.86. The van der Waals surface area contributed by atoms with Crippen LogP contribution in [0.1, 0.15) is 41.6 Å². The van der Waals surface area contributed by atoms with Crippen LogP contribution in [0.25, 0.3) is 6.08 Å². The second kappa shape index (κ2) is 11.6. The van der Waals surface area contributed by atoms with Crippen molar-refractivity contribution < 1.29 is 13.2 Å². The van der Waals surface area contributed by atoms with Crippen LogP contribution >= 0.6 is 0 Å². The van der Waals surface area contributed by atoms with Crippen molar-refractivity contribution in [3.05, 3.63) is 119 Å². The Morgan fingerprint density at radius 1 is 1.00 bits per heavy atom. The highest BCUT2D eigenvalue weighted by molar-refractivity contribution is 7.89. The third kappa shape index (κ3) is 6.42. The third-order valence-electron chi connectivity index (χ3n) is 6.72. The fourth-order valence-electron chi connectivity index (χ4n) is 4.62. The van der Waals surface area contributed by atoms with Gasteiger partial charge in [-0.15, -0.1) is 0 Å². The van der Waals surface area contributed by atoms with Crippen LogP contribution in [-0.4, -0.2) is 19.3 Å². The number of benzene rings is 3. The van der Waals surface area contributed by atoms with Crippen LogP contribution in [0.5, 0.6) is 0 Å². The number of hydrogen-bond acceptors (Lipinski definition) is 5. The Labute approximate surface area is 229 Å². The van der Waals surface area contributed by atoms with E-state index < -0.39 is 10.0 Å². The first-order valence-electron chi connectivity index (χ1n) is 12.9. The summed E-state index contributed by atoms with van der Waals surface area (Å²) in [4.78, 5) is 17.2. The van der Waals surface area contributed by atoms with Gasteiger partial charge in [0.15, 0.2) is 5.82 Å². The van der Waals surface area contributed by atoms with E-state index in [9.17, 15) is 13.2 Å². The summed E-state index contributed by atoms with van der Waals surface area (Å²) in [5, 5.41) is 6.16. The Balaban J connectivity index is 1.30. The van der Waals surface area contributed by atoms with Crippen molar-refractivity contribution in [2.24, 2.45) is 0 Å². The second-order valence-electron chi connectivity index (χ2n) is 9.38. The van der Waals surface area contributed by atoms with Crippen LogP contribution in [-0.2, 0) is 27.7 Å². The van der Waals surface area contributed by atoms with Gasteiger partial charge in [0.05, 0.1) is 10.6 Å². The maximum atomic E-state index is 13.1.